The van der Waals surface area contributed by atoms with Gasteiger partial charge in [-0.1, -0.05) is 12.1 Å². The van der Waals surface area contributed by atoms with Gasteiger partial charge in [-0.25, -0.2) is 9.98 Å². The van der Waals surface area contributed by atoms with E-state index in [1.807, 2.05) is 12.3 Å². The van der Waals surface area contributed by atoms with E-state index in [1.54, 1.807) is 0 Å². The van der Waals surface area contributed by atoms with Crippen LogP contribution in [-0.2, 0) is 11.3 Å². The van der Waals surface area contributed by atoms with Gasteiger partial charge < -0.3 is 19.9 Å². The second kappa shape index (κ2) is 10.9. The zero-order valence-electron chi connectivity index (χ0n) is 17.3. The van der Waals surface area contributed by atoms with Crippen molar-refractivity contribution in [3.8, 4) is 0 Å². The van der Waals surface area contributed by atoms with Crippen LogP contribution in [0.25, 0.3) is 0 Å². The predicted molar refractivity (Wildman–Crippen MR) is 113 cm³/mol. The molecule has 2 atom stereocenters. The van der Waals surface area contributed by atoms with Gasteiger partial charge in [0.2, 0.25) is 0 Å². The van der Waals surface area contributed by atoms with E-state index >= 15 is 0 Å². The van der Waals surface area contributed by atoms with Gasteiger partial charge in [-0.05, 0) is 45.2 Å². The number of rotatable bonds is 8. The lowest BCUT2D eigenvalue weighted by atomic mass is 10.2. The molecule has 2 rings (SSSR count). The summed E-state index contributed by atoms with van der Waals surface area (Å²) in [5, 5.41) is 3.36. The highest BCUT2D eigenvalue weighted by atomic mass is 16.5. The van der Waals surface area contributed by atoms with Crippen LogP contribution in [0.3, 0.4) is 0 Å². The molecule has 0 bridgehead atoms. The summed E-state index contributed by atoms with van der Waals surface area (Å²) in [7, 11) is 2.08. The third-order valence-corrected chi connectivity index (χ3v) is 4.56. The number of hydrogen-bond acceptors (Lipinski definition) is 4. The molecule has 1 aromatic rings. The third kappa shape index (κ3) is 6.86. The fourth-order valence-corrected chi connectivity index (χ4v) is 3.28. The third-order valence-electron chi connectivity index (χ3n) is 4.56. The Morgan fingerprint density at radius 2 is 2.15 bits per heavy atom. The lowest BCUT2D eigenvalue weighted by molar-refractivity contribution is -0.00545. The van der Waals surface area contributed by atoms with Crippen LogP contribution in [-0.4, -0.2) is 61.3 Å². The van der Waals surface area contributed by atoms with Gasteiger partial charge in [0.15, 0.2) is 5.96 Å². The molecule has 1 aromatic heterocycles. The van der Waals surface area contributed by atoms with Gasteiger partial charge in [-0.15, -0.1) is 6.58 Å². The van der Waals surface area contributed by atoms with Gasteiger partial charge in [-0.2, -0.15) is 0 Å². The molecule has 1 aliphatic rings. The minimum atomic E-state index is 0.235. The molecular weight excluding hydrogens is 338 g/mol. The molecular formula is C21H35N5O. The van der Waals surface area contributed by atoms with Crippen molar-refractivity contribution in [1.82, 2.24) is 15.2 Å². The summed E-state index contributed by atoms with van der Waals surface area (Å²) in [6.45, 7) is 14.3. The summed E-state index contributed by atoms with van der Waals surface area (Å²) in [6.07, 6.45) is 6.47. The molecule has 27 heavy (non-hydrogen) atoms. The number of aliphatic imine (C=N–C) groups is 1. The van der Waals surface area contributed by atoms with Gasteiger partial charge in [-0.3, -0.25) is 0 Å². The van der Waals surface area contributed by atoms with Crippen molar-refractivity contribution >= 4 is 11.8 Å². The summed E-state index contributed by atoms with van der Waals surface area (Å²) < 4.78 is 5.80. The van der Waals surface area contributed by atoms with Crippen molar-refractivity contribution in [2.45, 2.75) is 52.4 Å². The predicted octanol–water partition coefficient (Wildman–Crippen LogP) is 3.06. The molecule has 1 saturated heterocycles. The van der Waals surface area contributed by atoms with E-state index in [9.17, 15) is 0 Å². The van der Waals surface area contributed by atoms with Crippen LogP contribution in [0, 0.1) is 0 Å². The Balaban J connectivity index is 1.96. The van der Waals surface area contributed by atoms with Gasteiger partial charge in [0, 0.05) is 39.4 Å². The molecule has 1 fully saturated rings. The minimum Gasteiger partial charge on any atom is -0.372 e. The summed E-state index contributed by atoms with van der Waals surface area (Å²) in [5.41, 5.74) is 1.11. The van der Waals surface area contributed by atoms with Crippen molar-refractivity contribution in [3.05, 3.63) is 36.5 Å². The second-order valence-corrected chi connectivity index (χ2v) is 7.21. The number of anilines is 1. The van der Waals surface area contributed by atoms with Crippen LogP contribution < -0.4 is 10.2 Å². The number of allylic oxidation sites excluding steroid dienone is 1. The molecule has 0 saturated carbocycles. The average Bonchev–Trinajstić information content (AvgIpc) is 2.65. The van der Waals surface area contributed by atoms with Gasteiger partial charge in [0.1, 0.15) is 5.82 Å². The van der Waals surface area contributed by atoms with E-state index in [2.05, 4.69) is 66.6 Å². The first-order valence-electron chi connectivity index (χ1n) is 9.99. The highest BCUT2D eigenvalue weighted by molar-refractivity contribution is 5.79. The van der Waals surface area contributed by atoms with Crippen molar-refractivity contribution in [2.75, 3.05) is 38.1 Å². The molecule has 0 amide bonds. The number of ether oxygens (including phenoxy) is 1. The highest BCUT2D eigenvalue weighted by Crippen LogP contribution is 2.18. The molecule has 0 aliphatic carbocycles. The quantitative estimate of drug-likeness (QED) is 0.328. The average molecular weight is 374 g/mol. The van der Waals surface area contributed by atoms with Crippen molar-refractivity contribution in [2.24, 2.45) is 4.99 Å². The fraction of sp³-hybridized carbons (Fsp3) is 0.619. The molecule has 6 heteroatoms. The van der Waals surface area contributed by atoms with E-state index in [4.69, 9.17) is 9.73 Å². The minimum absolute atomic E-state index is 0.235. The largest absolute Gasteiger partial charge is 0.372 e. The maximum Gasteiger partial charge on any atom is 0.193 e. The highest BCUT2D eigenvalue weighted by Gasteiger charge is 2.22. The first-order chi connectivity index (χ1) is 13.0. The Bertz CT molecular complexity index is 591. The Kier molecular flexibility index (Phi) is 8.58. The monoisotopic (exact) mass is 373 g/mol. The summed E-state index contributed by atoms with van der Waals surface area (Å²) in [6, 6.07) is 4.22. The number of hydrogen-bond donors (Lipinski definition) is 1. The summed E-state index contributed by atoms with van der Waals surface area (Å²) in [4.78, 5) is 13.9. The van der Waals surface area contributed by atoms with Gasteiger partial charge in [0.05, 0.1) is 18.8 Å². The normalized spacial score (nSPS) is 20.4. The molecule has 2 unspecified atom stereocenters. The number of morpholine rings is 1. The molecule has 2 heterocycles. The Morgan fingerprint density at radius 1 is 1.41 bits per heavy atom. The number of guanidine groups is 1. The zero-order chi connectivity index (χ0) is 19.6. The van der Waals surface area contributed by atoms with Crippen LogP contribution in [0.5, 0.6) is 0 Å². The second-order valence-electron chi connectivity index (χ2n) is 7.21. The number of aromatic nitrogens is 1. The van der Waals surface area contributed by atoms with Crippen LogP contribution in [0.4, 0.5) is 5.82 Å². The van der Waals surface area contributed by atoms with Crippen molar-refractivity contribution in [1.29, 1.82) is 0 Å². The van der Waals surface area contributed by atoms with E-state index in [0.717, 1.165) is 56.4 Å². The van der Waals surface area contributed by atoms with Crippen LogP contribution >= 0.6 is 0 Å². The van der Waals surface area contributed by atoms with E-state index in [-0.39, 0.29) is 12.2 Å². The zero-order valence-corrected chi connectivity index (χ0v) is 17.3. The number of unbranched alkanes of at least 4 members (excludes halogenated alkanes) is 1. The summed E-state index contributed by atoms with van der Waals surface area (Å²) in [5.74, 6) is 1.94. The Labute approximate surface area is 164 Å². The number of pyridine rings is 1. The van der Waals surface area contributed by atoms with Gasteiger partial charge in [0.25, 0.3) is 0 Å². The van der Waals surface area contributed by atoms with Crippen LogP contribution in [0.15, 0.2) is 36.0 Å². The standard InChI is InChI=1S/C21H35N5O/c1-6-8-9-12-25(5)21(22-7-2)24-14-19-10-11-20(23-13-19)26-15-17(3)27-18(4)16-26/h6,10-11,13,17-18H,1,7-9,12,14-16H2,2-5H3,(H,22,24). The van der Waals surface area contributed by atoms with Gasteiger partial charge >= 0.3 is 0 Å². The van der Waals surface area contributed by atoms with E-state index in [0.29, 0.717) is 6.54 Å². The molecule has 6 nitrogen and oxygen atoms in total. The molecule has 0 spiro atoms. The smallest absolute Gasteiger partial charge is 0.193 e. The lowest BCUT2D eigenvalue weighted by Gasteiger charge is -2.36. The first-order valence-corrected chi connectivity index (χ1v) is 9.99. The molecule has 1 N–H and O–H groups in total. The molecule has 0 aromatic carbocycles. The van der Waals surface area contributed by atoms with Crippen molar-refractivity contribution in [3.63, 3.8) is 0 Å². The first kappa shape index (κ1) is 21.2. The maximum absolute atomic E-state index is 5.80. The SMILES string of the molecule is C=CCCCN(C)C(=NCc1ccc(N2CC(C)OC(C)C2)nc1)NCC. The Hall–Kier alpha value is -2.08. The topological polar surface area (TPSA) is 53.0 Å². The molecule has 150 valence electrons. The maximum atomic E-state index is 5.80. The fourth-order valence-electron chi connectivity index (χ4n) is 3.28. The molecule has 1 aliphatic heterocycles. The number of nitrogens with one attached hydrogen (secondary N) is 1. The van der Waals surface area contributed by atoms with Crippen LogP contribution in [0.2, 0.25) is 0 Å². The van der Waals surface area contributed by atoms with E-state index in [1.165, 1.54) is 0 Å². The lowest BCUT2D eigenvalue weighted by Crippen LogP contribution is -2.45. The Morgan fingerprint density at radius 3 is 2.74 bits per heavy atom. The van der Waals surface area contributed by atoms with Crippen LogP contribution in [0.1, 0.15) is 39.2 Å². The summed E-state index contributed by atoms with van der Waals surface area (Å²) >= 11 is 0. The number of nitrogens with zero attached hydrogens (tertiary/aromatic N) is 4. The van der Waals surface area contributed by atoms with E-state index < -0.39 is 0 Å². The van der Waals surface area contributed by atoms with Crippen molar-refractivity contribution < 1.29 is 4.74 Å². The molecule has 0 radical (unpaired) electrons.